The topological polar surface area (TPSA) is 90.7 Å². The van der Waals surface area contributed by atoms with E-state index in [1.807, 2.05) is 37.3 Å². The molecule has 1 saturated heterocycles. The monoisotopic (exact) mass is 427 g/mol. The summed E-state index contributed by atoms with van der Waals surface area (Å²) in [7, 11) is -3.63. The van der Waals surface area contributed by atoms with Gasteiger partial charge in [0.05, 0.1) is 23.1 Å². The number of amides is 1. The number of sulfonamides is 1. The predicted molar refractivity (Wildman–Crippen MR) is 112 cm³/mol. The van der Waals surface area contributed by atoms with Crippen molar-refractivity contribution in [1.82, 2.24) is 9.21 Å². The Hall–Kier alpha value is -2.89. The predicted octanol–water partition coefficient (Wildman–Crippen LogP) is 2.42. The summed E-state index contributed by atoms with van der Waals surface area (Å²) >= 11 is 0. The fourth-order valence-electron chi connectivity index (χ4n) is 3.43. The summed E-state index contributed by atoms with van der Waals surface area (Å²) in [6.45, 7) is 3.73. The van der Waals surface area contributed by atoms with Gasteiger partial charge < -0.3 is 9.64 Å². The Bertz CT molecular complexity index is 1020. The van der Waals surface area contributed by atoms with Crippen LogP contribution in [-0.4, -0.2) is 56.3 Å². The van der Waals surface area contributed by atoms with Crippen molar-refractivity contribution in [3.63, 3.8) is 0 Å². The number of hydrogen-bond acceptors (Lipinski definition) is 5. The summed E-state index contributed by atoms with van der Waals surface area (Å²) in [6, 6.07) is 15.5. The van der Waals surface area contributed by atoms with E-state index in [9.17, 15) is 13.2 Å². The van der Waals surface area contributed by atoms with E-state index in [0.717, 1.165) is 11.3 Å². The molecular formula is C22H25N3O4S. The van der Waals surface area contributed by atoms with Crippen LogP contribution in [0.3, 0.4) is 0 Å². The zero-order chi connectivity index (χ0) is 21.6. The molecule has 1 amide bonds. The maximum absolute atomic E-state index is 12.8. The van der Waals surface area contributed by atoms with Gasteiger partial charge in [0.1, 0.15) is 5.75 Å². The number of benzene rings is 2. The van der Waals surface area contributed by atoms with Crippen LogP contribution in [0.15, 0.2) is 53.4 Å². The summed E-state index contributed by atoms with van der Waals surface area (Å²) in [6.07, 6.45) is 0.936. The Labute approximate surface area is 177 Å². The van der Waals surface area contributed by atoms with Crippen LogP contribution in [0.25, 0.3) is 0 Å². The van der Waals surface area contributed by atoms with E-state index in [-0.39, 0.29) is 23.9 Å². The van der Waals surface area contributed by atoms with E-state index in [2.05, 4.69) is 0 Å². The van der Waals surface area contributed by atoms with Gasteiger partial charge in [-0.25, -0.2) is 8.42 Å². The van der Waals surface area contributed by atoms with E-state index in [4.69, 9.17) is 10.00 Å². The van der Waals surface area contributed by atoms with Crippen molar-refractivity contribution in [2.45, 2.75) is 24.7 Å². The first-order valence-corrected chi connectivity index (χ1v) is 11.4. The Morgan fingerprint density at radius 2 is 1.73 bits per heavy atom. The van der Waals surface area contributed by atoms with Crippen LogP contribution in [0.4, 0.5) is 0 Å². The lowest BCUT2D eigenvalue weighted by atomic mass is 10.1. The van der Waals surface area contributed by atoms with E-state index < -0.39 is 10.0 Å². The molecule has 7 nitrogen and oxygen atoms in total. The van der Waals surface area contributed by atoms with Crippen LogP contribution < -0.4 is 4.74 Å². The minimum Gasteiger partial charge on any atom is -0.494 e. The molecule has 2 aromatic carbocycles. The summed E-state index contributed by atoms with van der Waals surface area (Å²) in [5.74, 6) is 0.808. The third kappa shape index (κ3) is 4.99. The lowest BCUT2D eigenvalue weighted by molar-refractivity contribution is -0.132. The summed E-state index contributed by atoms with van der Waals surface area (Å²) in [4.78, 5) is 14.5. The lowest BCUT2D eigenvalue weighted by Crippen LogP contribution is -2.50. The third-order valence-electron chi connectivity index (χ3n) is 5.09. The molecule has 3 rings (SSSR count). The average molecular weight is 428 g/mol. The SMILES string of the molecule is CCOc1ccccc1CCC(=O)N1CCN(S(=O)(=O)c2ccc(C#N)cc2)CC1. The summed E-state index contributed by atoms with van der Waals surface area (Å²) < 4.78 is 32.6. The summed E-state index contributed by atoms with van der Waals surface area (Å²) in [5, 5.41) is 8.87. The highest BCUT2D eigenvalue weighted by atomic mass is 32.2. The average Bonchev–Trinajstić information content (AvgIpc) is 2.78. The van der Waals surface area contributed by atoms with Crippen molar-refractivity contribution in [2.75, 3.05) is 32.8 Å². The van der Waals surface area contributed by atoms with Crippen molar-refractivity contribution >= 4 is 15.9 Å². The zero-order valence-corrected chi connectivity index (χ0v) is 17.8. The van der Waals surface area contributed by atoms with Crippen molar-refractivity contribution in [1.29, 1.82) is 5.26 Å². The third-order valence-corrected chi connectivity index (χ3v) is 7.01. The fourth-order valence-corrected chi connectivity index (χ4v) is 4.86. The highest BCUT2D eigenvalue weighted by Crippen LogP contribution is 2.21. The molecule has 0 unspecified atom stereocenters. The molecule has 0 spiro atoms. The molecule has 30 heavy (non-hydrogen) atoms. The Kier molecular flexibility index (Phi) is 7.08. The number of carbonyl (C=O) groups is 1. The van der Waals surface area contributed by atoms with Gasteiger partial charge in [-0.15, -0.1) is 0 Å². The summed E-state index contributed by atoms with van der Waals surface area (Å²) in [5.41, 5.74) is 1.41. The van der Waals surface area contributed by atoms with E-state index in [0.29, 0.717) is 38.1 Å². The van der Waals surface area contributed by atoms with Gasteiger partial charge in [-0.1, -0.05) is 18.2 Å². The molecule has 158 valence electrons. The smallest absolute Gasteiger partial charge is 0.243 e. The molecule has 1 aliphatic heterocycles. The highest BCUT2D eigenvalue weighted by Gasteiger charge is 2.30. The molecular weight excluding hydrogens is 402 g/mol. The molecule has 0 aromatic heterocycles. The number of ether oxygens (including phenoxy) is 1. The number of carbonyl (C=O) groups excluding carboxylic acids is 1. The molecule has 0 saturated carbocycles. The highest BCUT2D eigenvalue weighted by molar-refractivity contribution is 7.89. The number of hydrogen-bond donors (Lipinski definition) is 0. The van der Waals surface area contributed by atoms with Gasteiger partial charge in [0, 0.05) is 32.6 Å². The molecule has 1 fully saturated rings. The zero-order valence-electron chi connectivity index (χ0n) is 17.0. The second-order valence-electron chi connectivity index (χ2n) is 6.96. The number of nitriles is 1. The van der Waals surface area contributed by atoms with Crippen LogP contribution in [0.2, 0.25) is 0 Å². The minimum absolute atomic E-state index is 0.0109. The molecule has 2 aromatic rings. The Balaban J connectivity index is 1.56. The Morgan fingerprint density at radius 1 is 1.07 bits per heavy atom. The molecule has 8 heteroatoms. The number of rotatable bonds is 7. The van der Waals surface area contributed by atoms with Crippen molar-refractivity contribution < 1.29 is 17.9 Å². The second kappa shape index (κ2) is 9.74. The van der Waals surface area contributed by atoms with E-state index >= 15 is 0 Å². The van der Waals surface area contributed by atoms with E-state index in [1.54, 1.807) is 4.90 Å². The number of aryl methyl sites for hydroxylation is 1. The van der Waals surface area contributed by atoms with Gasteiger partial charge in [0.15, 0.2) is 0 Å². The van der Waals surface area contributed by atoms with Gasteiger partial charge in [-0.3, -0.25) is 4.79 Å². The van der Waals surface area contributed by atoms with Crippen LogP contribution >= 0.6 is 0 Å². The lowest BCUT2D eigenvalue weighted by Gasteiger charge is -2.34. The first kappa shape index (κ1) is 21.8. The van der Waals surface area contributed by atoms with Gasteiger partial charge in [-0.05, 0) is 49.2 Å². The molecule has 1 heterocycles. The molecule has 0 aliphatic carbocycles. The van der Waals surface area contributed by atoms with Crippen molar-refractivity contribution in [3.05, 3.63) is 59.7 Å². The number of nitrogens with zero attached hydrogens (tertiary/aromatic N) is 3. The van der Waals surface area contributed by atoms with Gasteiger partial charge >= 0.3 is 0 Å². The standard InChI is InChI=1S/C22H25N3O4S/c1-2-29-21-6-4-3-5-19(21)9-12-22(26)24-13-15-25(16-14-24)30(27,28)20-10-7-18(17-23)8-11-20/h3-8,10-11H,2,9,12-16H2,1H3. The molecule has 0 atom stereocenters. The molecule has 0 N–H and O–H groups in total. The first-order valence-electron chi connectivity index (χ1n) is 9.94. The van der Waals surface area contributed by atoms with Crippen LogP contribution in [0.1, 0.15) is 24.5 Å². The quantitative estimate of drug-likeness (QED) is 0.677. The first-order chi connectivity index (χ1) is 14.5. The normalized spacial score (nSPS) is 14.9. The molecule has 0 radical (unpaired) electrons. The second-order valence-corrected chi connectivity index (χ2v) is 8.90. The van der Waals surface area contributed by atoms with Crippen molar-refractivity contribution in [3.8, 4) is 11.8 Å². The number of para-hydroxylation sites is 1. The maximum atomic E-state index is 12.8. The maximum Gasteiger partial charge on any atom is 0.243 e. The molecule has 1 aliphatic rings. The Morgan fingerprint density at radius 3 is 2.37 bits per heavy atom. The van der Waals surface area contributed by atoms with Crippen LogP contribution in [0, 0.1) is 11.3 Å². The van der Waals surface area contributed by atoms with Gasteiger partial charge in [-0.2, -0.15) is 9.57 Å². The van der Waals surface area contributed by atoms with Gasteiger partial charge in [0.2, 0.25) is 15.9 Å². The number of piperazine rings is 1. The van der Waals surface area contributed by atoms with Crippen LogP contribution in [0.5, 0.6) is 5.75 Å². The minimum atomic E-state index is -3.63. The fraction of sp³-hybridized carbons (Fsp3) is 0.364. The van der Waals surface area contributed by atoms with Crippen molar-refractivity contribution in [2.24, 2.45) is 0 Å². The largest absolute Gasteiger partial charge is 0.494 e. The van der Waals surface area contributed by atoms with Crippen LogP contribution in [-0.2, 0) is 21.2 Å². The van der Waals surface area contributed by atoms with E-state index in [1.165, 1.54) is 28.6 Å². The van der Waals surface area contributed by atoms with Gasteiger partial charge in [0.25, 0.3) is 0 Å². The molecule has 0 bridgehead atoms.